The molecule has 1 aromatic rings. The molecule has 0 aliphatic rings. The number of hydrogen-bond donors (Lipinski definition) is 2. The van der Waals surface area contributed by atoms with Gasteiger partial charge in [0.25, 0.3) is 0 Å². The minimum atomic E-state index is -0.749. The number of hydrogen-bond acceptors (Lipinski definition) is 2. The summed E-state index contributed by atoms with van der Waals surface area (Å²) in [5, 5.41) is 9.21. The highest BCUT2D eigenvalue weighted by Crippen LogP contribution is 2.20. The van der Waals surface area contributed by atoms with Gasteiger partial charge in [-0.3, -0.25) is 4.79 Å². The van der Waals surface area contributed by atoms with Crippen LogP contribution in [0, 0.1) is 11.8 Å². The Labute approximate surface area is 96.3 Å². The van der Waals surface area contributed by atoms with Crippen LogP contribution in [-0.2, 0) is 11.2 Å². The zero-order valence-corrected chi connectivity index (χ0v) is 9.60. The van der Waals surface area contributed by atoms with Crippen molar-refractivity contribution in [2.24, 2.45) is 17.6 Å². The number of carboxylic acid groups (broad SMARTS) is 1. The molecule has 2 atom stereocenters. The minimum Gasteiger partial charge on any atom is -0.481 e. The van der Waals surface area contributed by atoms with Crippen LogP contribution < -0.4 is 5.73 Å². The molecule has 0 aromatic heterocycles. The topological polar surface area (TPSA) is 63.3 Å². The second kappa shape index (κ2) is 6.28. The molecule has 3 N–H and O–H groups in total. The maximum absolute atomic E-state index is 11.2. The fraction of sp³-hybridized carbons (Fsp3) is 0.462. The summed E-state index contributed by atoms with van der Waals surface area (Å²) in [6.07, 6.45) is 1.37. The monoisotopic (exact) mass is 221 g/mol. The highest BCUT2D eigenvalue weighted by Gasteiger charge is 2.25. The summed E-state index contributed by atoms with van der Waals surface area (Å²) >= 11 is 0. The standard InChI is InChI=1S/C13H19NO2/c1-2-11(9-14)12(13(15)16)8-10-6-4-3-5-7-10/h3-7,11-12H,2,8-9,14H2,1H3,(H,15,16). The van der Waals surface area contributed by atoms with Crippen molar-refractivity contribution in [3.8, 4) is 0 Å². The Morgan fingerprint density at radius 3 is 2.44 bits per heavy atom. The van der Waals surface area contributed by atoms with E-state index in [1.54, 1.807) is 0 Å². The number of nitrogens with two attached hydrogens (primary N) is 1. The van der Waals surface area contributed by atoms with Gasteiger partial charge in [-0.25, -0.2) is 0 Å². The van der Waals surface area contributed by atoms with Crippen molar-refractivity contribution in [3.05, 3.63) is 35.9 Å². The van der Waals surface area contributed by atoms with E-state index in [4.69, 9.17) is 5.73 Å². The van der Waals surface area contributed by atoms with Gasteiger partial charge in [0, 0.05) is 0 Å². The normalized spacial score (nSPS) is 14.4. The molecule has 0 radical (unpaired) electrons. The quantitative estimate of drug-likeness (QED) is 0.771. The van der Waals surface area contributed by atoms with Crippen LogP contribution in [0.4, 0.5) is 0 Å². The molecule has 1 rings (SSSR count). The van der Waals surface area contributed by atoms with E-state index in [-0.39, 0.29) is 11.8 Å². The SMILES string of the molecule is CCC(CN)C(Cc1ccccc1)C(=O)O. The summed E-state index contributed by atoms with van der Waals surface area (Å²) in [5.41, 5.74) is 6.67. The van der Waals surface area contributed by atoms with Crippen molar-refractivity contribution in [1.29, 1.82) is 0 Å². The first-order chi connectivity index (χ1) is 7.69. The van der Waals surface area contributed by atoms with E-state index in [2.05, 4.69) is 0 Å². The smallest absolute Gasteiger partial charge is 0.307 e. The van der Waals surface area contributed by atoms with E-state index in [0.29, 0.717) is 13.0 Å². The summed E-state index contributed by atoms with van der Waals surface area (Å²) in [5.74, 6) is -1.07. The molecule has 0 bridgehead atoms. The Kier molecular flexibility index (Phi) is 4.99. The zero-order chi connectivity index (χ0) is 12.0. The number of benzene rings is 1. The van der Waals surface area contributed by atoms with Gasteiger partial charge in [-0.15, -0.1) is 0 Å². The first-order valence-corrected chi connectivity index (χ1v) is 5.65. The first kappa shape index (κ1) is 12.7. The zero-order valence-electron chi connectivity index (χ0n) is 9.60. The Bertz CT molecular complexity index is 320. The maximum Gasteiger partial charge on any atom is 0.307 e. The van der Waals surface area contributed by atoms with Crippen molar-refractivity contribution >= 4 is 5.97 Å². The molecular formula is C13H19NO2. The van der Waals surface area contributed by atoms with Crippen LogP contribution in [0.3, 0.4) is 0 Å². The Balaban J connectivity index is 2.76. The number of carboxylic acids is 1. The maximum atomic E-state index is 11.2. The molecule has 0 saturated heterocycles. The van der Waals surface area contributed by atoms with E-state index in [1.807, 2.05) is 37.3 Å². The lowest BCUT2D eigenvalue weighted by atomic mass is 9.85. The third kappa shape index (κ3) is 3.35. The van der Waals surface area contributed by atoms with E-state index in [1.165, 1.54) is 0 Å². The van der Waals surface area contributed by atoms with Crippen LogP contribution in [0.2, 0.25) is 0 Å². The Hall–Kier alpha value is -1.35. The van der Waals surface area contributed by atoms with Crippen LogP contribution in [0.1, 0.15) is 18.9 Å². The van der Waals surface area contributed by atoms with Crippen molar-refractivity contribution in [2.45, 2.75) is 19.8 Å². The van der Waals surface area contributed by atoms with Gasteiger partial charge < -0.3 is 10.8 Å². The molecular weight excluding hydrogens is 202 g/mol. The summed E-state index contributed by atoms with van der Waals surface area (Å²) in [6, 6.07) is 9.70. The summed E-state index contributed by atoms with van der Waals surface area (Å²) in [6.45, 7) is 2.42. The lowest BCUT2D eigenvalue weighted by Gasteiger charge is -2.21. The molecule has 3 heteroatoms. The molecule has 0 spiro atoms. The van der Waals surface area contributed by atoms with E-state index in [0.717, 1.165) is 12.0 Å². The van der Waals surface area contributed by atoms with E-state index < -0.39 is 5.97 Å². The average molecular weight is 221 g/mol. The fourth-order valence-electron chi connectivity index (χ4n) is 1.94. The van der Waals surface area contributed by atoms with Gasteiger partial charge in [-0.1, -0.05) is 43.7 Å². The molecule has 0 saturated carbocycles. The van der Waals surface area contributed by atoms with Crippen LogP contribution >= 0.6 is 0 Å². The number of rotatable bonds is 6. The van der Waals surface area contributed by atoms with Crippen LogP contribution in [-0.4, -0.2) is 17.6 Å². The second-order valence-corrected chi connectivity index (χ2v) is 4.04. The molecule has 1 aromatic carbocycles. The van der Waals surface area contributed by atoms with Crippen molar-refractivity contribution in [3.63, 3.8) is 0 Å². The lowest BCUT2D eigenvalue weighted by Crippen LogP contribution is -2.30. The first-order valence-electron chi connectivity index (χ1n) is 5.65. The van der Waals surface area contributed by atoms with Crippen LogP contribution in [0.15, 0.2) is 30.3 Å². The Morgan fingerprint density at radius 2 is 2.00 bits per heavy atom. The highest BCUT2D eigenvalue weighted by atomic mass is 16.4. The predicted molar refractivity (Wildman–Crippen MR) is 64.1 cm³/mol. The molecule has 3 nitrogen and oxygen atoms in total. The third-order valence-electron chi connectivity index (χ3n) is 3.01. The number of aliphatic carboxylic acids is 1. The van der Waals surface area contributed by atoms with Gasteiger partial charge >= 0.3 is 5.97 Å². The molecule has 0 fully saturated rings. The highest BCUT2D eigenvalue weighted by molar-refractivity contribution is 5.70. The summed E-state index contributed by atoms with van der Waals surface area (Å²) in [4.78, 5) is 11.2. The summed E-state index contributed by atoms with van der Waals surface area (Å²) in [7, 11) is 0. The summed E-state index contributed by atoms with van der Waals surface area (Å²) < 4.78 is 0. The molecule has 0 aliphatic heterocycles. The van der Waals surface area contributed by atoms with Gasteiger partial charge in [0.05, 0.1) is 5.92 Å². The fourth-order valence-corrected chi connectivity index (χ4v) is 1.94. The van der Waals surface area contributed by atoms with Gasteiger partial charge in [-0.2, -0.15) is 0 Å². The molecule has 88 valence electrons. The average Bonchev–Trinajstić information content (AvgIpc) is 2.30. The molecule has 16 heavy (non-hydrogen) atoms. The van der Waals surface area contributed by atoms with Gasteiger partial charge in [0.2, 0.25) is 0 Å². The Morgan fingerprint density at radius 1 is 1.38 bits per heavy atom. The van der Waals surface area contributed by atoms with Gasteiger partial charge in [0.1, 0.15) is 0 Å². The van der Waals surface area contributed by atoms with Crippen LogP contribution in [0.5, 0.6) is 0 Å². The molecule has 0 aliphatic carbocycles. The van der Waals surface area contributed by atoms with Crippen molar-refractivity contribution < 1.29 is 9.90 Å². The predicted octanol–water partition coefficient (Wildman–Crippen LogP) is 1.91. The second-order valence-electron chi connectivity index (χ2n) is 4.04. The van der Waals surface area contributed by atoms with Crippen molar-refractivity contribution in [2.75, 3.05) is 6.54 Å². The van der Waals surface area contributed by atoms with Gasteiger partial charge in [0.15, 0.2) is 0 Å². The van der Waals surface area contributed by atoms with E-state index in [9.17, 15) is 9.90 Å². The minimum absolute atomic E-state index is 0.0534. The molecule has 2 unspecified atom stereocenters. The molecule has 0 heterocycles. The molecule has 0 amide bonds. The largest absolute Gasteiger partial charge is 0.481 e. The number of carbonyl (C=O) groups is 1. The van der Waals surface area contributed by atoms with E-state index >= 15 is 0 Å². The van der Waals surface area contributed by atoms with Crippen molar-refractivity contribution in [1.82, 2.24) is 0 Å². The van der Waals surface area contributed by atoms with Gasteiger partial charge in [-0.05, 0) is 24.4 Å². The lowest BCUT2D eigenvalue weighted by molar-refractivity contribution is -0.143. The van der Waals surface area contributed by atoms with Crippen LogP contribution in [0.25, 0.3) is 0 Å². The third-order valence-corrected chi connectivity index (χ3v) is 3.01.